The maximum Gasteiger partial charge on any atom is 0.229 e. The lowest BCUT2D eigenvalue weighted by molar-refractivity contribution is -0.137. The Morgan fingerprint density at radius 3 is 2.53 bits per heavy atom. The highest BCUT2D eigenvalue weighted by Crippen LogP contribution is 2.20. The van der Waals surface area contributed by atoms with Crippen molar-refractivity contribution < 1.29 is 4.79 Å². The third-order valence-corrected chi connectivity index (χ3v) is 3.41. The molecule has 1 amide bonds. The fraction of sp³-hybridized carbons (Fsp3) is 0.538. The van der Waals surface area contributed by atoms with Crippen molar-refractivity contribution in [2.45, 2.75) is 20.3 Å². The van der Waals surface area contributed by atoms with Crippen LogP contribution in [0.25, 0.3) is 0 Å². The molecule has 0 saturated heterocycles. The number of amides is 1. The summed E-state index contributed by atoms with van der Waals surface area (Å²) in [5.74, 6) is 0.423. The van der Waals surface area contributed by atoms with Crippen LogP contribution in [-0.4, -0.2) is 35.3 Å². The standard InChI is InChI=1S/C13H19ClN2O/c1-13(2,10-14)12(17)16(3)9-6-11-4-7-15-8-5-11/h4-5,7-8H,6,9-10H2,1-3H3. The van der Waals surface area contributed by atoms with Gasteiger partial charge in [0.05, 0.1) is 5.41 Å². The molecular formula is C13H19ClN2O. The second kappa shape index (κ2) is 6.01. The van der Waals surface area contributed by atoms with Gasteiger partial charge in [-0.15, -0.1) is 11.6 Å². The van der Waals surface area contributed by atoms with Crippen LogP contribution in [0.2, 0.25) is 0 Å². The molecule has 17 heavy (non-hydrogen) atoms. The zero-order valence-electron chi connectivity index (χ0n) is 10.6. The van der Waals surface area contributed by atoms with Gasteiger partial charge >= 0.3 is 0 Å². The van der Waals surface area contributed by atoms with Crippen LogP contribution in [-0.2, 0) is 11.2 Å². The van der Waals surface area contributed by atoms with Gasteiger partial charge in [-0.25, -0.2) is 0 Å². The fourth-order valence-electron chi connectivity index (χ4n) is 1.52. The minimum Gasteiger partial charge on any atom is -0.345 e. The average molecular weight is 255 g/mol. The lowest BCUT2D eigenvalue weighted by atomic mass is 9.94. The monoisotopic (exact) mass is 254 g/mol. The number of likely N-dealkylation sites (N-methyl/N-ethyl adjacent to an activating group) is 1. The van der Waals surface area contributed by atoms with Crippen LogP contribution in [0.5, 0.6) is 0 Å². The highest BCUT2D eigenvalue weighted by molar-refractivity contribution is 6.19. The Hall–Kier alpha value is -1.09. The Balaban J connectivity index is 2.50. The van der Waals surface area contributed by atoms with Crippen molar-refractivity contribution in [3.8, 4) is 0 Å². The van der Waals surface area contributed by atoms with E-state index in [1.165, 1.54) is 5.56 Å². The van der Waals surface area contributed by atoms with Crippen LogP contribution >= 0.6 is 11.6 Å². The molecule has 0 radical (unpaired) electrons. The van der Waals surface area contributed by atoms with Crippen LogP contribution in [0.1, 0.15) is 19.4 Å². The van der Waals surface area contributed by atoms with E-state index in [2.05, 4.69) is 4.98 Å². The van der Waals surface area contributed by atoms with Gasteiger partial charge in [-0.2, -0.15) is 0 Å². The topological polar surface area (TPSA) is 33.2 Å². The molecular weight excluding hydrogens is 236 g/mol. The molecule has 1 heterocycles. The summed E-state index contributed by atoms with van der Waals surface area (Å²) in [5, 5.41) is 0. The summed E-state index contributed by atoms with van der Waals surface area (Å²) in [6.45, 7) is 4.43. The summed E-state index contributed by atoms with van der Waals surface area (Å²) < 4.78 is 0. The smallest absolute Gasteiger partial charge is 0.229 e. The average Bonchev–Trinajstić information content (AvgIpc) is 2.36. The number of nitrogens with zero attached hydrogens (tertiary/aromatic N) is 2. The van der Waals surface area contributed by atoms with E-state index in [0.29, 0.717) is 12.4 Å². The highest BCUT2D eigenvalue weighted by Gasteiger charge is 2.29. The number of pyridine rings is 1. The number of carbonyl (C=O) groups excluding carboxylic acids is 1. The molecule has 0 bridgehead atoms. The van der Waals surface area contributed by atoms with Gasteiger partial charge in [0.1, 0.15) is 0 Å². The summed E-state index contributed by atoms with van der Waals surface area (Å²) >= 11 is 5.79. The first-order valence-electron chi connectivity index (χ1n) is 5.68. The van der Waals surface area contributed by atoms with Crippen molar-refractivity contribution in [1.82, 2.24) is 9.88 Å². The molecule has 1 aromatic rings. The Kier molecular flexibility index (Phi) is 4.94. The van der Waals surface area contributed by atoms with Gasteiger partial charge in [0.15, 0.2) is 0 Å². The zero-order valence-corrected chi connectivity index (χ0v) is 11.4. The molecule has 3 nitrogen and oxygen atoms in total. The predicted molar refractivity (Wildman–Crippen MR) is 70.1 cm³/mol. The van der Waals surface area contributed by atoms with E-state index < -0.39 is 5.41 Å². The van der Waals surface area contributed by atoms with E-state index in [1.54, 1.807) is 17.3 Å². The van der Waals surface area contributed by atoms with Crippen LogP contribution in [0.15, 0.2) is 24.5 Å². The van der Waals surface area contributed by atoms with Crippen LogP contribution in [0.3, 0.4) is 0 Å². The third kappa shape index (κ3) is 4.00. The summed E-state index contributed by atoms with van der Waals surface area (Å²) in [4.78, 5) is 17.7. The van der Waals surface area contributed by atoms with Crippen molar-refractivity contribution >= 4 is 17.5 Å². The van der Waals surface area contributed by atoms with Gasteiger partial charge in [-0.3, -0.25) is 9.78 Å². The Morgan fingerprint density at radius 2 is 2.00 bits per heavy atom. The molecule has 4 heteroatoms. The Labute approximate surface area is 108 Å². The third-order valence-electron chi connectivity index (χ3n) is 2.74. The molecule has 0 fully saturated rings. The van der Waals surface area contributed by atoms with Gasteiger partial charge < -0.3 is 4.90 Å². The first kappa shape index (κ1) is 14.0. The largest absolute Gasteiger partial charge is 0.345 e. The zero-order chi connectivity index (χ0) is 12.9. The summed E-state index contributed by atoms with van der Waals surface area (Å²) in [5.41, 5.74) is 0.692. The molecule has 0 saturated carbocycles. The molecule has 1 rings (SSSR count). The molecule has 94 valence electrons. The quantitative estimate of drug-likeness (QED) is 0.756. The second-order valence-electron chi connectivity index (χ2n) is 4.85. The number of carbonyl (C=O) groups is 1. The lowest BCUT2D eigenvalue weighted by Gasteiger charge is -2.27. The van der Waals surface area contributed by atoms with E-state index in [9.17, 15) is 4.79 Å². The minimum atomic E-state index is -0.492. The molecule has 1 aromatic heterocycles. The number of alkyl halides is 1. The van der Waals surface area contributed by atoms with Gasteiger partial charge in [0, 0.05) is 31.9 Å². The van der Waals surface area contributed by atoms with Gasteiger partial charge in [0.2, 0.25) is 5.91 Å². The Morgan fingerprint density at radius 1 is 1.41 bits per heavy atom. The van der Waals surface area contributed by atoms with Crippen LogP contribution < -0.4 is 0 Å². The Bertz CT molecular complexity index is 365. The van der Waals surface area contributed by atoms with E-state index in [-0.39, 0.29) is 5.91 Å². The number of rotatable bonds is 5. The second-order valence-corrected chi connectivity index (χ2v) is 5.12. The van der Waals surface area contributed by atoms with Crippen molar-refractivity contribution in [3.05, 3.63) is 30.1 Å². The number of aromatic nitrogens is 1. The SMILES string of the molecule is CN(CCc1ccncc1)C(=O)C(C)(C)CCl. The molecule has 0 N–H and O–H groups in total. The highest BCUT2D eigenvalue weighted by atomic mass is 35.5. The molecule has 0 aliphatic carbocycles. The van der Waals surface area contributed by atoms with E-state index in [1.807, 2.05) is 33.0 Å². The molecule has 0 unspecified atom stereocenters. The fourth-order valence-corrected chi connectivity index (χ4v) is 1.64. The molecule has 0 aliphatic heterocycles. The molecule has 0 aliphatic rings. The molecule has 0 atom stereocenters. The number of hydrogen-bond acceptors (Lipinski definition) is 2. The predicted octanol–water partition coefficient (Wildman–Crippen LogP) is 2.35. The van der Waals surface area contributed by atoms with Crippen molar-refractivity contribution in [3.63, 3.8) is 0 Å². The summed E-state index contributed by atoms with van der Waals surface area (Å²) in [7, 11) is 1.82. The van der Waals surface area contributed by atoms with Crippen LogP contribution in [0, 0.1) is 5.41 Å². The van der Waals surface area contributed by atoms with Gasteiger partial charge in [0.25, 0.3) is 0 Å². The number of halogens is 1. The van der Waals surface area contributed by atoms with Crippen molar-refractivity contribution in [1.29, 1.82) is 0 Å². The molecule has 0 spiro atoms. The first-order chi connectivity index (χ1) is 7.97. The van der Waals surface area contributed by atoms with E-state index in [4.69, 9.17) is 11.6 Å². The first-order valence-corrected chi connectivity index (χ1v) is 6.21. The summed E-state index contributed by atoms with van der Waals surface area (Å²) in [6.07, 6.45) is 4.36. The van der Waals surface area contributed by atoms with Crippen molar-refractivity contribution in [2.24, 2.45) is 5.41 Å². The minimum absolute atomic E-state index is 0.0848. The van der Waals surface area contributed by atoms with E-state index >= 15 is 0 Å². The molecule has 0 aromatic carbocycles. The van der Waals surface area contributed by atoms with E-state index in [0.717, 1.165) is 6.42 Å². The van der Waals surface area contributed by atoms with Gasteiger partial charge in [-0.1, -0.05) is 0 Å². The maximum atomic E-state index is 12.0. The van der Waals surface area contributed by atoms with Gasteiger partial charge in [-0.05, 0) is 38.0 Å². The number of hydrogen-bond donors (Lipinski definition) is 0. The maximum absolute atomic E-state index is 12.0. The van der Waals surface area contributed by atoms with Crippen LogP contribution in [0.4, 0.5) is 0 Å². The lowest BCUT2D eigenvalue weighted by Crippen LogP contribution is -2.40. The normalized spacial score (nSPS) is 11.3. The van der Waals surface area contributed by atoms with Crippen molar-refractivity contribution in [2.75, 3.05) is 19.5 Å². The summed E-state index contributed by atoms with van der Waals surface area (Å²) in [6, 6.07) is 3.93.